The van der Waals surface area contributed by atoms with Crippen LogP contribution in [0, 0.1) is 18.3 Å². The van der Waals surface area contributed by atoms with Gasteiger partial charge in [0.25, 0.3) is 5.91 Å². The van der Waals surface area contributed by atoms with E-state index in [1.165, 1.54) is 11.1 Å². The van der Waals surface area contributed by atoms with Gasteiger partial charge in [-0.1, -0.05) is 35.9 Å². The number of carbonyl (C=O) groups is 1. The summed E-state index contributed by atoms with van der Waals surface area (Å²) in [4.78, 5) is 12.0. The maximum Gasteiger partial charge on any atom is 0.259 e. The average Bonchev–Trinajstić information content (AvgIpc) is 3.09. The number of nitrogens with two attached hydrogens (primary N) is 1. The van der Waals surface area contributed by atoms with Crippen molar-refractivity contribution in [2.24, 2.45) is 5.73 Å². The Morgan fingerprint density at radius 3 is 2.58 bits per heavy atom. The highest BCUT2D eigenvalue weighted by Gasteiger charge is 2.26. The molecule has 31 heavy (non-hydrogen) atoms. The molecule has 1 amide bonds. The Morgan fingerprint density at radius 1 is 1.26 bits per heavy atom. The first-order valence-corrected chi connectivity index (χ1v) is 10.8. The van der Waals surface area contributed by atoms with Crippen LogP contribution in [0.1, 0.15) is 61.3 Å². The number of primary amides is 1. The van der Waals surface area contributed by atoms with E-state index in [-0.39, 0.29) is 11.5 Å². The summed E-state index contributed by atoms with van der Waals surface area (Å²) in [6.45, 7) is 6.33. The Morgan fingerprint density at radius 2 is 1.97 bits per heavy atom. The van der Waals surface area contributed by atoms with E-state index >= 15 is 0 Å². The first-order chi connectivity index (χ1) is 14.7. The lowest BCUT2D eigenvalue weighted by Crippen LogP contribution is -2.22. The molecule has 0 saturated carbocycles. The van der Waals surface area contributed by atoms with Crippen molar-refractivity contribution in [1.29, 1.82) is 5.26 Å². The van der Waals surface area contributed by atoms with E-state index in [1.54, 1.807) is 0 Å². The molecule has 1 atom stereocenters. The van der Waals surface area contributed by atoms with Gasteiger partial charge in [-0.15, -0.1) is 0 Å². The van der Waals surface area contributed by atoms with Crippen LogP contribution in [0.4, 0.5) is 5.69 Å². The lowest BCUT2D eigenvalue weighted by molar-refractivity contribution is -0.114. The summed E-state index contributed by atoms with van der Waals surface area (Å²) in [5.74, 6) is -0.443. The average molecular weight is 418 g/mol. The number of aryl methyl sites for hydroxylation is 2. The molecular weight excluding hydrogens is 386 g/mol. The van der Waals surface area contributed by atoms with Crippen molar-refractivity contribution in [2.75, 3.05) is 11.9 Å². The molecule has 0 aliphatic heterocycles. The zero-order chi connectivity index (χ0) is 22.6. The van der Waals surface area contributed by atoms with Crippen LogP contribution < -0.4 is 11.1 Å². The molecule has 162 valence electrons. The summed E-state index contributed by atoms with van der Waals surface area (Å²) in [5.41, 5.74) is 11.2. The molecule has 0 fully saturated rings. The van der Waals surface area contributed by atoms with Crippen LogP contribution in [0.3, 0.4) is 0 Å². The van der Waals surface area contributed by atoms with E-state index in [1.807, 2.05) is 51.1 Å². The van der Waals surface area contributed by atoms with Gasteiger partial charge in [0, 0.05) is 12.2 Å². The van der Waals surface area contributed by atoms with E-state index in [0.717, 1.165) is 35.2 Å². The van der Waals surface area contributed by atoms with Crippen LogP contribution in [-0.2, 0) is 11.2 Å². The molecule has 5 nitrogen and oxygen atoms in total. The quantitative estimate of drug-likeness (QED) is 0.436. The number of allylic oxidation sites excluding steroid dienone is 1. The van der Waals surface area contributed by atoms with Gasteiger partial charge in [0.1, 0.15) is 11.6 Å². The van der Waals surface area contributed by atoms with Crippen molar-refractivity contribution in [3.8, 4) is 6.07 Å². The molecule has 0 spiro atoms. The number of rotatable bonds is 8. The number of nitrogens with zero attached hydrogens (tertiary/aromatic N) is 1. The maximum absolute atomic E-state index is 12.0. The summed E-state index contributed by atoms with van der Waals surface area (Å²) in [7, 11) is 0. The van der Waals surface area contributed by atoms with Crippen LogP contribution in [-0.4, -0.2) is 23.2 Å². The van der Waals surface area contributed by atoms with E-state index in [4.69, 9.17) is 5.73 Å². The zero-order valence-electron chi connectivity index (χ0n) is 18.5. The number of fused-ring (bicyclic) bond motifs is 1. The summed E-state index contributed by atoms with van der Waals surface area (Å²) < 4.78 is 0. The van der Waals surface area contributed by atoms with Crippen LogP contribution in [0.2, 0.25) is 0 Å². The zero-order valence-corrected chi connectivity index (χ0v) is 18.5. The number of amides is 1. The monoisotopic (exact) mass is 417 g/mol. The smallest absolute Gasteiger partial charge is 0.259 e. The molecule has 2 aromatic rings. The molecule has 0 radical (unpaired) electrons. The number of aliphatic hydroxyl groups is 1. The predicted molar refractivity (Wildman–Crippen MR) is 124 cm³/mol. The second-order valence-electron chi connectivity index (χ2n) is 9.04. The molecule has 0 unspecified atom stereocenters. The van der Waals surface area contributed by atoms with Gasteiger partial charge < -0.3 is 16.2 Å². The molecule has 0 heterocycles. The second kappa shape index (κ2) is 9.36. The summed E-state index contributed by atoms with van der Waals surface area (Å²) in [5, 5.41) is 22.9. The van der Waals surface area contributed by atoms with Crippen LogP contribution in [0.25, 0.3) is 5.57 Å². The predicted octanol–water partition coefficient (Wildman–Crippen LogP) is 4.45. The summed E-state index contributed by atoms with van der Waals surface area (Å²) >= 11 is 0. The molecule has 1 aliphatic rings. The lowest BCUT2D eigenvalue weighted by Gasteiger charge is -2.18. The van der Waals surface area contributed by atoms with Crippen molar-refractivity contribution < 1.29 is 9.90 Å². The number of nitriles is 1. The van der Waals surface area contributed by atoms with Crippen molar-refractivity contribution >= 4 is 17.2 Å². The van der Waals surface area contributed by atoms with Crippen molar-refractivity contribution in [3.05, 3.63) is 70.3 Å². The highest BCUT2D eigenvalue weighted by Crippen LogP contribution is 2.41. The number of nitrogens with one attached hydrogen (secondary N) is 1. The Hall–Kier alpha value is -3.10. The minimum absolute atomic E-state index is 0.0437. The SMILES string of the molecule is Cc1ccc(/C(C[C@H]2CCc3cc(NCCC(C)(C)O)ccc32)=C(\C#N)C(N)=O)cc1. The number of benzene rings is 2. The van der Waals surface area contributed by atoms with Gasteiger partial charge in [-0.2, -0.15) is 5.26 Å². The third-order valence-electron chi connectivity index (χ3n) is 5.92. The van der Waals surface area contributed by atoms with E-state index in [2.05, 4.69) is 23.5 Å². The van der Waals surface area contributed by atoms with Gasteiger partial charge >= 0.3 is 0 Å². The van der Waals surface area contributed by atoms with Crippen molar-refractivity contribution in [2.45, 2.75) is 58.0 Å². The normalized spacial score (nSPS) is 16.3. The highest BCUT2D eigenvalue weighted by molar-refractivity contribution is 6.04. The molecule has 0 saturated heterocycles. The Labute approximate surface area is 184 Å². The molecule has 1 aliphatic carbocycles. The fraction of sp³-hybridized carbons (Fsp3) is 0.385. The lowest BCUT2D eigenvalue weighted by atomic mass is 9.87. The standard InChI is InChI=1S/C26H31N3O2/c1-17-4-6-18(7-5-17)23(24(16-27)25(28)30)15-20-9-8-19-14-21(10-11-22(19)20)29-13-12-26(2,3)31/h4-7,10-11,14,20,29,31H,8-9,12-13,15H2,1-3H3,(H2,28,30)/b24-23+/t20-/m1/s1. The van der Waals surface area contributed by atoms with Gasteiger partial charge in [0.05, 0.1) is 5.60 Å². The topological polar surface area (TPSA) is 99.1 Å². The minimum Gasteiger partial charge on any atom is -0.390 e. The van der Waals surface area contributed by atoms with Gasteiger partial charge in [-0.25, -0.2) is 0 Å². The van der Waals surface area contributed by atoms with Crippen LogP contribution >= 0.6 is 0 Å². The second-order valence-corrected chi connectivity index (χ2v) is 9.04. The van der Waals surface area contributed by atoms with Crippen LogP contribution in [0.15, 0.2) is 48.0 Å². The first-order valence-electron chi connectivity index (χ1n) is 10.8. The van der Waals surface area contributed by atoms with Gasteiger partial charge in [0.2, 0.25) is 0 Å². The molecular formula is C26H31N3O2. The Balaban J connectivity index is 1.83. The Bertz CT molecular complexity index is 1020. The first kappa shape index (κ1) is 22.6. The Kier molecular flexibility index (Phi) is 6.82. The summed E-state index contributed by atoms with van der Waals surface area (Å²) in [6.07, 6.45) is 3.20. The fourth-order valence-corrected chi connectivity index (χ4v) is 4.18. The number of hydrogen-bond donors (Lipinski definition) is 3. The van der Waals surface area contributed by atoms with Gasteiger partial charge in [-0.05, 0) is 86.8 Å². The number of hydrogen-bond acceptors (Lipinski definition) is 4. The highest BCUT2D eigenvalue weighted by atomic mass is 16.3. The molecule has 5 heteroatoms. The summed E-state index contributed by atoms with van der Waals surface area (Å²) in [6, 6.07) is 16.3. The third-order valence-corrected chi connectivity index (χ3v) is 5.92. The minimum atomic E-state index is -0.688. The fourth-order valence-electron chi connectivity index (χ4n) is 4.18. The van der Waals surface area contributed by atoms with Crippen molar-refractivity contribution in [3.63, 3.8) is 0 Å². The van der Waals surface area contributed by atoms with Gasteiger partial charge in [-0.3, -0.25) is 4.79 Å². The third kappa shape index (κ3) is 5.74. The molecule has 2 aromatic carbocycles. The molecule has 3 rings (SSSR count). The maximum atomic E-state index is 12.0. The van der Waals surface area contributed by atoms with Gasteiger partial charge in [0.15, 0.2) is 0 Å². The van der Waals surface area contributed by atoms with Crippen molar-refractivity contribution in [1.82, 2.24) is 0 Å². The van der Waals surface area contributed by atoms with E-state index < -0.39 is 11.5 Å². The molecule has 0 bridgehead atoms. The van der Waals surface area contributed by atoms with E-state index in [0.29, 0.717) is 19.4 Å². The molecule has 0 aromatic heterocycles. The largest absolute Gasteiger partial charge is 0.390 e. The van der Waals surface area contributed by atoms with Crippen LogP contribution in [0.5, 0.6) is 0 Å². The number of anilines is 1. The van der Waals surface area contributed by atoms with E-state index in [9.17, 15) is 15.2 Å². The molecule has 4 N–H and O–H groups in total. The number of carbonyl (C=O) groups excluding carboxylic acids is 1.